The number of hydrogen-bond acceptors (Lipinski definition) is 3. The highest BCUT2D eigenvalue weighted by Crippen LogP contribution is 2.16. The van der Waals surface area contributed by atoms with Crippen LogP contribution in [0.15, 0.2) is 0 Å². The van der Waals surface area contributed by atoms with Gasteiger partial charge in [0, 0.05) is 18.6 Å². The van der Waals surface area contributed by atoms with Gasteiger partial charge in [0.05, 0.1) is 12.2 Å². The fraction of sp³-hybridized carbons (Fsp3) is 1.00. The Balaban J connectivity index is 1.96. The molecule has 0 radical (unpaired) electrons. The zero-order valence-electron chi connectivity index (χ0n) is 13.7. The first-order chi connectivity index (χ1) is 8.79. The zero-order chi connectivity index (χ0) is 14.4. The summed E-state index contributed by atoms with van der Waals surface area (Å²) in [6, 6.07) is 0. The van der Waals surface area contributed by atoms with Crippen LogP contribution in [-0.2, 0) is 4.74 Å². The van der Waals surface area contributed by atoms with Gasteiger partial charge in [0.1, 0.15) is 0 Å². The van der Waals surface area contributed by atoms with E-state index in [0.717, 1.165) is 26.2 Å². The third kappa shape index (κ3) is 8.61. The molecule has 0 unspecified atom stereocenters. The molecule has 1 saturated heterocycles. The number of rotatable bonds is 7. The Morgan fingerprint density at radius 3 is 2.42 bits per heavy atom. The van der Waals surface area contributed by atoms with Crippen molar-refractivity contribution >= 4 is 0 Å². The summed E-state index contributed by atoms with van der Waals surface area (Å²) in [7, 11) is 0. The first-order valence-corrected chi connectivity index (χ1v) is 7.90. The Morgan fingerprint density at radius 1 is 1.11 bits per heavy atom. The largest absolute Gasteiger partial charge is 0.373 e. The molecule has 0 atom stereocenters. The van der Waals surface area contributed by atoms with Crippen LogP contribution < -0.4 is 5.32 Å². The third-order valence-electron chi connectivity index (χ3n) is 3.56. The predicted molar refractivity (Wildman–Crippen MR) is 82.7 cm³/mol. The summed E-state index contributed by atoms with van der Waals surface area (Å²) in [5.74, 6) is 0. The Hall–Kier alpha value is -0.120. The van der Waals surface area contributed by atoms with E-state index in [1.807, 2.05) is 0 Å². The minimum absolute atomic E-state index is 0.0505. The number of nitrogens with zero attached hydrogens (tertiary/aromatic N) is 1. The van der Waals surface area contributed by atoms with E-state index in [4.69, 9.17) is 4.74 Å². The van der Waals surface area contributed by atoms with Gasteiger partial charge in [-0.25, -0.2) is 0 Å². The predicted octanol–water partition coefficient (Wildman–Crippen LogP) is 3.05. The second kappa shape index (κ2) is 7.61. The summed E-state index contributed by atoms with van der Waals surface area (Å²) < 4.78 is 5.74. The van der Waals surface area contributed by atoms with E-state index in [0.29, 0.717) is 0 Å². The molecule has 1 aliphatic heterocycles. The van der Waals surface area contributed by atoms with Crippen molar-refractivity contribution in [2.24, 2.45) is 0 Å². The first-order valence-electron chi connectivity index (χ1n) is 7.90. The maximum Gasteiger partial charge on any atom is 0.0753 e. The Bertz CT molecular complexity index is 246. The van der Waals surface area contributed by atoms with E-state index < -0.39 is 0 Å². The molecular weight excluding hydrogens is 236 g/mol. The van der Waals surface area contributed by atoms with Gasteiger partial charge >= 0.3 is 0 Å². The molecular formula is C16H34N2O. The molecule has 0 aliphatic carbocycles. The highest BCUT2D eigenvalue weighted by Gasteiger charge is 2.26. The summed E-state index contributed by atoms with van der Waals surface area (Å²) in [5.41, 5.74) is 0.314. The highest BCUT2D eigenvalue weighted by molar-refractivity contribution is 4.78. The van der Waals surface area contributed by atoms with Crippen molar-refractivity contribution in [3.63, 3.8) is 0 Å². The molecule has 0 aromatic heterocycles. The normalized spacial score (nSPS) is 20.7. The van der Waals surface area contributed by atoms with Crippen LogP contribution in [0, 0.1) is 0 Å². The van der Waals surface area contributed by atoms with E-state index in [2.05, 4.69) is 44.8 Å². The van der Waals surface area contributed by atoms with Gasteiger partial charge in [-0.3, -0.25) is 4.90 Å². The molecule has 1 rings (SSSR count). The van der Waals surface area contributed by atoms with Gasteiger partial charge in [-0.2, -0.15) is 0 Å². The monoisotopic (exact) mass is 270 g/mol. The molecule has 1 heterocycles. The SMILES string of the molecule is CC(C)(C)NCCCCCCN1CCOC(C)(C)C1. The van der Waals surface area contributed by atoms with Crippen LogP contribution >= 0.6 is 0 Å². The fourth-order valence-corrected chi connectivity index (χ4v) is 2.58. The number of morpholine rings is 1. The molecule has 1 fully saturated rings. The molecule has 1 N–H and O–H groups in total. The molecule has 0 spiro atoms. The summed E-state index contributed by atoms with van der Waals surface area (Å²) >= 11 is 0. The van der Waals surface area contributed by atoms with Gasteiger partial charge in [-0.1, -0.05) is 12.8 Å². The lowest BCUT2D eigenvalue weighted by atomic mass is 10.1. The Kier molecular flexibility index (Phi) is 6.78. The smallest absolute Gasteiger partial charge is 0.0753 e. The van der Waals surface area contributed by atoms with E-state index >= 15 is 0 Å². The second-order valence-corrected chi connectivity index (χ2v) is 7.48. The number of ether oxygens (including phenoxy) is 1. The molecule has 0 aromatic carbocycles. The topological polar surface area (TPSA) is 24.5 Å². The molecule has 3 nitrogen and oxygen atoms in total. The maximum absolute atomic E-state index is 5.74. The first kappa shape index (κ1) is 16.9. The van der Waals surface area contributed by atoms with Crippen LogP contribution in [0.4, 0.5) is 0 Å². The zero-order valence-corrected chi connectivity index (χ0v) is 13.7. The maximum atomic E-state index is 5.74. The molecule has 3 heteroatoms. The third-order valence-corrected chi connectivity index (χ3v) is 3.56. The lowest BCUT2D eigenvalue weighted by Gasteiger charge is -2.38. The van der Waals surface area contributed by atoms with Crippen LogP contribution in [0.1, 0.15) is 60.3 Å². The number of hydrogen-bond donors (Lipinski definition) is 1. The van der Waals surface area contributed by atoms with Gasteiger partial charge in [-0.05, 0) is 60.5 Å². The van der Waals surface area contributed by atoms with Crippen molar-refractivity contribution in [2.45, 2.75) is 71.4 Å². The molecule has 1 aliphatic rings. The van der Waals surface area contributed by atoms with Crippen LogP contribution in [-0.4, -0.2) is 48.8 Å². The van der Waals surface area contributed by atoms with Gasteiger partial charge in [-0.15, -0.1) is 0 Å². The van der Waals surface area contributed by atoms with E-state index in [1.54, 1.807) is 0 Å². The number of unbranched alkanes of at least 4 members (excludes halogenated alkanes) is 3. The van der Waals surface area contributed by atoms with E-state index in [-0.39, 0.29) is 11.1 Å². The van der Waals surface area contributed by atoms with E-state index in [9.17, 15) is 0 Å². The standard InChI is InChI=1S/C16H34N2O/c1-15(2,3)17-10-8-6-7-9-11-18-12-13-19-16(4,5)14-18/h17H,6-14H2,1-5H3. The van der Waals surface area contributed by atoms with Gasteiger partial charge < -0.3 is 10.1 Å². The minimum atomic E-state index is 0.0505. The molecule has 0 aromatic rings. The molecule has 0 bridgehead atoms. The number of nitrogens with one attached hydrogen (secondary N) is 1. The molecule has 0 amide bonds. The van der Waals surface area contributed by atoms with Gasteiger partial charge in [0.2, 0.25) is 0 Å². The lowest BCUT2D eigenvalue weighted by molar-refractivity contribution is -0.0861. The average Bonchev–Trinajstić information content (AvgIpc) is 2.25. The average molecular weight is 270 g/mol. The highest BCUT2D eigenvalue weighted by atomic mass is 16.5. The summed E-state index contributed by atoms with van der Waals surface area (Å²) in [6.07, 6.45) is 5.32. The van der Waals surface area contributed by atoms with Crippen molar-refractivity contribution in [3.05, 3.63) is 0 Å². The lowest BCUT2D eigenvalue weighted by Crippen LogP contribution is -2.48. The van der Waals surface area contributed by atoms with Crippen molar-refractivity contribution in [1.29, 1.82) is 0 Å². The fourth-order valence-electron chi connectivity index (χ4n) is 2.58. The summed E-state index contributed by atoms with van der Waals surface area (Å²) in [4.78, 5) is 2.55. The minimum Gasteiger partial charge on any atom is -0.373 e. The van der Waals surface area contributed by atoms with Crippen LogP contribution in [0.2, 0.25) is 0 Å². The van der Waals surface area contributed by atoms with Crippen molar-refractivity contribution in [3.8, 4) is 0 Å². The van der Waals surface area contributed by atoms with Crippen LogP contribution in [0.5, 0.6) is 0 Å². The molecule has 0 saturated carbocycles. The van der Waals surface area contributed by atoms with Gasteiger partial charge in [0.25, 0.3) is 0 Å². The van der Waals surface area contributed by atoms with Crippen molar-refractivity contribution in [1.82, 2.24) is 10.2 Å². The van der Waals surface area contributed by atoms with Crippen LogP contribution in [0.25, 0.3) is 0 Å². The summed E-state index contributed by atoms with van der Waals surface area (Å²) in [5, 5.41) is 3.55. The van der Waals surface area contributed by atoms with Crippen molar-refractivity contribution < 1.29 is 4.74 Å². The van der Waals surface area contributed by atoms with Crippen molar-refractivity contribution in [2.75, 3.05) is 32.8 Å². The Morgan fingerprint density at radius 2 is 1.79 bits per heavy atom. The van der Waals surface area contributed by atoms with Gasteiger partial charge in [0.15, 0.2) is 0 Å². The molecule has 114 valence electrons. The quantitative estimate of drug-likeness (QED) is 0.720. The van der Waals surface area contributed by atoms with E-state index in [1.165, 1.54) is 32.2 Å². The Labute approximate surface area is 120 Å². The summed E-state index contributed by atoms with van der Waals surface area (Å²) in [6.45, 7) is 16.5. The molecule has 19 heavy (non-hydrogen) atoms. The second-order valence-electron chi connectivity index (χ2n) is 7.48. The van der Waals surface area contributed by atoms with Crippen LogP contribution in [0.3, 0.4) is 0 Å².